The number of hydrogen-bond acceptors (Lipinski definition) is 3. The van der Waals surface area contributed by atoms with Gasteiger partial charge in [0.05, 0.1) is 11.4 Å². The summed E-state index contributed by atoms with van der Waals surface area (Å²) in [6.07, 6.45) is 2.51. The predicted molar refractivity (Wildman–Crippen MR) is 79.1 cm³/mol. The van der Waals surface area contributed by atoms with Crippen molar-refractivity contribution in [1.29, 1.82) is 0 Å². The molecule has 0 bridgehead atoms. The molecular formula is C15H28N4. The standard InChI is InChI=1S/C15H28N4/c1-6-7-13-9-16-15(3,4)11-19(13)10-14-8-12(2)17-18(14)5/h8,13,16H,6-7,9-11H2,1-5H3. The van der Waals surface area contributed by atoms with Crippen molar-refractivity contribution in [3.05, 3.63) is 17.5 Å². The molecule has 2 rings (SSSR count). The highest BCUT2D eigenvalue weighted by molar-refractivity contribution is 5.09. The fourth-order valence-corrected chi connectivity index (χ4v) is 3.04. The van der Waals surface area contributed by atoms with E-state index in [2.05, 4.69) is 49.1 Å². The topological polar surface area (TPSA) is 33.1 Å². The third kappa shape index (κ3) is 3.57. The lowest BCUT2D eigenvalue weighted by molar-refractivity contribution is 0.0804. The van der Waals surface area contributed by atoms with E-state index < -0.39 is 0 Å². The van der Waals surface area contributed by atoms with Crippen LogP contribution < -0.4 is 5.32 Å². The van der Waals surface area contributed by atoms with Gasteiger partial charge < -0.3 is 5.32 Å². The molecule has 1 aromatic rings. The molecule has 1 fully saturated rings. The first-order valence-electron chi connectivity index (χ1n) is 7.40. The first-order chi connectivity index (χ1) is 8.91. The van der Waals surface area contributed by atoms with Crippen molar-refractivity contribution >= 4 is 0 Å². The first kappa shape index (κ1) is 14.5. The summed E-state index contributed by atoms with van der Waals surface area (Å²) < 4.78 is 2.02. The largest absolute Gasteiger partial charge is 0.309 e. The van der Waals surface area contributed by atoms with Gasteiger partial charge in [0.15, 0.2) is 0 Å². The van der Waals surface area contributed by atoms with E-state index in [-0.39, 0.29) is 5.54 Å². The summed E-state index contributed by atoms with van der Waals surface area (Å²) in [5.41, 5.74) is 2.63. The van der Waals surface area contributed by atoms with E-state index in [1.807, 2.05) is 11.7 Å². The van der Waals surface area contributed by atoms with E-state index in [0.717, 1.165) is 25.3 Å². The molecule has 0 aliphatic carbocycles. The van der Waals surface area contributed by atoms with Crippen LogP contribution in [0.25, 0.3) is 0 Å². The Hall–Kier alpha value is -0.870. The molecule has 4 nitrogen and oxygen atoms in total. The van der Waals surface area contributed by atoms with Gasteiger partial charge in [-0.15, -0.1) is 0 Å². The summed E-state index contributed by atoms with van der Waals surface area (Å²) in [5.74, 6) is 0. The lowest BCUT2D eigenvalue weighted by Crippen LogP contribution is -2.61. The summed E-state index contributed by atoms with van der Waals surface area (Å²) >= 11 is 0. The van der Waals surface area contributed by atoms with E-state index in [4.69, 9.17) is 0 Å². The molecule has 4 heteroatoms. The van der Waals surface area contributed by atoms with E-state index in [1.54, 1.807) is 0 Å². The maximum absolute atomic E-state index is 4.46. The zero-order valence-electron chi connectivity index (χ0n) is 13.0. The van der Waals surface area contributed by atoms with Crippen LogP contribution in [0.3, 0.4) is 0 Å². The Morgan fingerprint density at radius 3 is 2.79 bits per heavy atom. The average Bonchev–Trinajstić information content (AvgIpc) is 2.61. The monoisotopic (exact) mass is 264 g/mol. The SMILES string of the molecule is CCCC1CNC(C)(C)CN1Cc1cc(C)nn1C. The predicted octanol–water partition coefficient (Wildman–Crippen LogP) is 2.08. The van der Waals surface area contributed by atoms with Crippen molar-refractivity contribution in [3.63, 3.8) is 0 Å². The van der Waals surface area contributed by atoms with Gasteiger partial charge in [-0.1, -0.05) is 13.3 Å². The highest BCUT2D eigenvalue weighted by atomic mass is 15.3. The van der Waals surface area contributed by atoms with Gasteiger partial charge in [0.2, 0.25) is 0 Å². The maximum Gasteiger partial charge on any atom is 0.0597 e. The van der Waals surface area contributed by atoms with Gasteiger partial charge in [-0.25, -0.2) is 0 Å². The molecule has 0 spiro atoms. The van der Waals surface area contributed by atoms with Crippen LogP contribution in [-0.4, -0.2) is 39.4 Å². The molecule has 1 atom stereocenters. The lowest BCUT2D eigenvalue weighted by Gasteiger charge is -2.44. The molecule has 1 aliphatic rings. The molecule has 19 heavy (non-hydrogen) atoms. The van der Waals surface area contributed by atoms with Crippen molar-refractivity contribution in [1.82, 2.24) is 20.0 Å². The summed E-state index contributed by atoms with van der Waals surface area (Å²) in [4.78, 5) is 2.62. The molecule has 0 radical (unpaired) electrons. The molecule has 0 saturated carbocycles. The smallest absolute Gasteiger partial charge is 0.0597 e. The summed E-state index contributed by atoms with van der Waals surface area (Å²) in [6.45, 7) is 12.1. The number of rotatable bonds is 4. The fraction of sp³-hybridized carbons (Fsp3) is 0.800. The van der Waals surface area contributed by atoms with Crippen molar-refractivity contribution in [3.8, 4) is 0 Å². The van der Waals surface area contributed by atoms with E-state index in [1.165, 1.54) is 18.5 Å². The molecule has 1 aliphatic heterocycles. The molecule has 0 aromatic carbocycles. The van der Waals surface area contributed by atoms with Crippen LogP contribution in [0, 0.1) is 6.92 Å². The fourth-order valence-electron chi connectivity index (χ4n) is 3.04. The molecule has 1 N–H and O–H groups in total. The Kier molecular flexibility index (Phi) is 4.31. The number of piperazine rings is 1. The zero-order valence-corrected chi connectivity index (χ0v) is 13.0. The van der Waals surface area contributed by atoms with Crippen molar-refractivity contribution < 1.29 is 0 Å². The third-order valence-electron chi connectivity index (χ3n) is 4.02. The van der Waals surface area contributed by atoms with Crippen LogP contribution in [0.2, 0.25) is 0 Å². The highest BCUT2D eigenvalue weighted by Crippen LogP contribution is 2.20. The van der Waals surface area contributed by atoms with Gasteiger partial charge in [0.1, 0.15) is 0 Å². The van der Waals surface area contributed by atoms with Crippen molar-refractivity contribution in [2.75, 3.05) is 13.1 Å². The highest BCUT2D eigenvalue weighted by Gasteiger charge is 2.32. The van der Waals surface area contributed by atoms with E-state index in [9.17, 15) is 0 Å². The minimum atomic E-state index is 0.206. The Morgan fingerprint density at radius 1 is 1.47 bits per heavy atom. The minimum Gasteiger partial charge on any atom is -0.309 e. The number of hydrogen-bond donors (Lipinski definition) is 1. The van der Waals surface area contributed by atoms with Crippen molar-refractivity contribution in [2.45, 2.75) is 58.7 Å². The Labute approximate surface area is 117 Å². The number of nitrogens with zero attached hydrogens (tertiary/aromatic N) is 3. The lowest BCUT2D eigenvalue weighted by atomic mass is 9.96. The van der Waals surface area contributed by atoms with E-state index in [0.29, 0.717) is 6.04 Å². The van der Waals surface area contributed by atoms with Crippen LogP contribution in [0.4, 0.5) is 0 Å². The Balaban J connectivity index is 2.11. The first-order valence-corrected chi connectivity index (χ1v) is 7.40. The second-order valence-corrected chi connectivity index (χ2v) is 6.51. The number of aryl methyl sites for hydroxylation is 2. The van der Waals surface area contributed by atoms with Crippen LogP contribution in [0.15, 0.2) is 6.07 Å². The molecule has 1 unspecified atom stereocenters. The van der Waals surface area contributed by atoms with Gasteiger partial charge in [0.25, 0.3) is 0 Å². The Bertz CT molecular complexity index is 422. The molecule has 2 heterocycles. The number of aromatic nitrogens is 2. The van der Waals surface area contributed by atoms with Crippen molar-refractivity contribution in [2.24, 2.45) is 7.05 Å². The van der Waals surface area contributed by atoms with Crippen LogP contribution in [-0.2, 0) is 13.6 Å². The van der Waals surface area contributed by atoms with Gasteiger partial charge in [-0.3, -0.25) is 9.58 Å². The summed E-state index contributed by atoms with van der Waals surface area (Å²) in [5, 5.41) is 8.12. The Morgan fingerprint density at radius 2 is 2.21 bits per heavy atom. The molecule has 1 saturated heterocycles. The van der Waals surface area contributed by atoms with Crippen LogP contribution >= 0.6 is 0 Å². The molecular weight excluding hydrogens is 236 g/mol. The molecule has 1 aromatic heterocycles. The van der Waals surface area contributed by atoms with E-state index >= 15 is 0 Å². The minimum absolute atomic E-state index is 0.206. The van der Waals surface area contributed by atoms with Crippen LogP contribution in [0.5, 0.6) is 0 Å². The molecule has 0 amide bonds. The quantitative estimate of drug-likeness (QED) is 0.904. The zero-order chi connectivity index (χ0) is 14.0. The second-order valence-electron chi connectivity index (χ2n) is 6.51. The van der Waals surface area contributed by atoms with Crippen LogP contribution in [0.1, 0.15) is 45.0 Å². The molecule has 108 valence electrons. The summed E-state index contributed by atoms with van der Waals surface area (Å²) in [7, 11) is 2.05. The van der Waals surface area contributed by atoms with Gasteiger partial charge in [-0.05, 0) is 33.3 Å². The number of nitrogens with one attached hydrogen (secondary N) is 1. The van der Waals surface area contributed by atoms with Gasteiger partial charge in [-0.2, -0.15) is 5.10 Å². The average molecular weight is 264 g/mol. The summed E-state index contributed by atoms with van der Waals surface area (Å²) in [6, 6.07) is 2.85. The van der Waals surface area contributed by atoms with Gasteiger partial charge >= 0.3 is 0 Å². The second kappa shape index (κ2) is 5.63. The third-order valence-corrected chi connectivity index (χ3v) is 4.02. The maximum atomic E-state index is 4.46. The normalized spacial score (nSPS) is 23.7. The van der Waals surface area contributed by atoms with Gasteiger partial charge in [0, 0.05) is 38.3 Å².